The lowest BCUT2D eigenvalue weighted by Crippen LogP contribution is -2.60. The van der Waals surface area contributed by atoms with E-state index < -0.39 is 0 Å². The molecule has 0 radical (unpaired) electrons. The van der Waals surface area contributed by atoms with Crippen LogP contribution in [0, 0.1) is 58.2 Å². The van der Waals surface area contributed by atoms with Crippen molar-refractivity contribution in [3.05, 3.63) is 0 Å². The number of hydrogen-bond acceptors (Lipinski definition) is 0. The van der Waals surface area contributed by atoms with Crippen LogP contribution in [0.4, 0.5) is 0 Å². The van der Waals surface area contributed by atoms with Gasteiger partial charge in [0.15, 0.2) is 0 Å². The molecule has 0 nitrogen and oxygen atoms in total. The van der Waals surface area contributed by atoms with Crippen molar-refractivity contribution in [2.24, 2.45) is 58.2 Å². The summed E-state index contributed by atoms with van der Waals surface area (Å²) in [6.45, 7) is 5.30. The van der Waals surface area contributed by atoms with Crippen molar-refractivity contribution in [2.45, 2.75) is 58.8 Å². The zero-order chi connectivity index (χ0) is 12.6. The van der Waals surface area contributed by atoms with E-state index in [1.54, 1.807) is 44.9 Å². The van der Waals surface area contributed by atoms with Gasteiger partial charge in [-0.2, -0.15) is 0 Å². The van der Waals surface area contributed by atoms with Crippen LogP contribution in [-0.2, 0) is 0 Å². The SMILES string of the molecule is CC1(C)CC23C4CC5CC4CC(CC1C1CCC12)C53. The van der Waals surface area contributed by atoms with Crippen molar-refractivity contribution < 1.29 is 0 Å². The molecule has 8 fully saturated rings. The Morgan fingerprint density at radius 3 is 2.11 bits per heavy atom. The van der Waals surface area contributed by atoms with Crippen LogP contribution in [0.15, 0.2) is 0 Å². The van der Waals surface area contributed by atoms with E-state index in [4.69, 9.17) is 0 Å². The Morgan fingerprint density at radius 2 is 1.47 bits per heavy atom. The standard InChI is InChI=1S/C19H28/c1-18(2)9-19-14-4-3-13(14)16(18)8-12-6-10-5-11(17(12)19)7-15(10)19/h10-17H,3-9H2,1-2H3. The quantitative estimate of drug-likeness (QED) is 0.587. The molecule has 0 saturated heterocycles. The first kappa shape index (κ1) is 10.7. The maximum Gasteiger partial charge on any atom is -0.0197 e. The van der Waals surface area contributed by atoms with Crippen molar-refractivity contribution in [2.75, 3.05) is 0 Å². The first-order valence-corrected chi connectivity index (χ1v) is 9.11. The summed E-state index contributed by atoms with van der Waals surface area (Å²) in [5, 5.41) is 0. The molecule has 0 N–H and O–H groups in total. The fourth-order valence-electron chi connectivity index (χ4n) is 9.56. The van der Waals surface area contributed by atoms with E-state index in [9.17, 15) is 0 Å². The molecule has 8 saturated carbocycles. The first-order valence-electron chi connectivity index (χ1n) is 9.11. The predicted octanol–water partition coefficient (Wildman–Crippen LogP) is 4.74. The van der Waals surface area contributed by atoms with Gasteiger partial charge in [0.25, 0.3) is 0 Å². The summed E-state index contributed by atoms with van der Waals surface area (Å²) in [6, 6.07) is 0. The van der Waals surface area contributed by atoms with Crippen LogP contribution in [0.5, 0.6) is 0 Å². The molecule has 104 valence electrons. The van der Waals surface area contributed by atoms with Gasteiger partial charge in [0.05, 0.1) is 0 Å². The molecule has 8 aliphatic carbocycles. The zero-order valence-corrected chi connectivity index (χ0v) is 12.6. The highest BCUT2D eigenvalue weighted by Gasteiger charge is 2.76. The van der Waals surface area contributed by atoms with Crippen molar-refractivity contribution in [1.82, 2.24) is 0 Å². The maximum atomic E-state index is 2.65. The van der Waals surface area contributed by atoms with E-state index in [2.05, 4.69) is 13.8 Å². The first-order chi connectivity index (χ1) is 9.11. The molecule has 0 heterocycles. The smallest absolute Gasteiger partial charge is 0.0197 e. The molecular formula is C19H28. The van der Waals surface area contributed by atoms with Crippen LogP contribution in [0.2, 0.25) is 0 Å². The summed E-state index contributed by atoms with van der Waals surface area (Å²) in [4.78, 5) is 0. The molecule has 0 aromatic heterocycles. The van der Waals surface area contributed by atoms with E-state index in [0.717, 1.165) is 17.3 Å². The molecule has 8 rings (SSSR count). The summed E-state index contributed by atoms with van der Waals surface area (Å²) in [7, 11) is 0. The largest absolute Gasteiger partial charge is 0.0596 e. The van der Waals surface area contributed by atoms with Crippen LogP contribution in [-0.4, -0.2) is 0 Å². The van der Waals surface area contributed by atoms with E-state index in [-0.39, 0.29) is 0 Å². The highest BCUT2D eigenvalue weighted by atomic mass is 14.8. The monoisotopic (exact) mass is 256 g/mol. The minimum absolute atomic E-state index is 0.675. The third kappa shape index (κ3) is 0.914. The van der Waals surface area contributed by atoms with Gasteiger partial charge in [-0.05, 0) is 103 Å². The number of rotatable bonds is 0. The normalized spacial score (nSPS) is 69.8. The third-order valence-corrected chi connectivity index (χ3v) is 9.52. The molecule has 8 aliphatic rings. The second-order valence-corrected chi connectivity index (χ2v) is 10.1. The lowest BCUT2D eigenvalue weighted by Gasteiger charge is -2.66. The molecule has 0 heteroatoms. The molecule has 7 bridgehead atoms. The molecule has 9 atom stereocenters. The van der Waals surface area contributed by atoms with E-state index in [0.29, 0.717) is 5.41 Å². The number of fused-ring (bicyclic) bond motifs is 1. The highest BCUT2D eigenvalue weighted by molar-refractivity contribution is 5.24. The Balaban J connectivity index is 1.62. The van der Waals surface area contributed by atoms with Crippen LogP contribution >= 0.6 is 0 Å². The Morgan fingerprint density at radius 1 is 0.737 bits per heavy atom. The van der Waals surface area contributed by atoms with Crippen LogP contribution in [0.3, 0.4) is 0 Å². The summed E-state index contributed by atoms with van der Waals surface area (Å²) in [5.41, 5.74) is 1.55. The van der Waals surface area contributed by atoms with Gasteiger partial charge in [0.2, 0.25) is 0 Å². The summed E-state index contributed by atoms with van der Waals surface area (Å²) < 4.78 is 0. The molecule has 1 spiro atoms. The second kappa shape index (κ2) is 2.81. The van der Waals surface area contributed by atoms with Crippen LogP contribution in [0.25, 0.3) is 0 Å². The number of hydrogen-bond donors (Lipinski definition) is 0. The Bertz CT molecular complexity index is 461. The van der Waals surface area contributed by atoms with Gasteiger partial charge < -0.3 is 0 Å². The van der Waals surface area contributed by atoms with Gasteiger partial charge >= 0.3 is 0 Å². The lowest BCUT2D eigenvalue weighted by atomic mass is 9.38. The van der Waals surface area contributed by atoms with Crippen LogP contribution in [0.1, 0.15) is 58.8 Å². The zero-order valence-electron chi connectivity index (χ0n) is 12.6. The fourth-order valence-corrected chi connectivity index (χ4v) is 9.56. The third-order valence-electron chi connectivity index (χ3n) is 9.52. The maximum absolute atomic E-state index is 2.65. The Hall–Kier alpha value is 0. The average molecular weight is 256 g/mol. The molecule has 9 unspecified atom stereocenters. The molecule has 19 heavy (non-hydrogen) atoms. The summed E-state index contributed by atoms with van der Waals surface area (Å²) in [5.74, 6) is 9.36. The van der Waals surface area contributed by atoms with Crippen molar-refractivity contribution in [3.63, 3.8) is 0 Å². The lowest BCUT2D eigenvalue weighted by molar-refractivity contribution is -0.180. The van der Waals surface area contributed by atoms with E-state index in [1.807, 2.05) is 0 Å². The molecule has 0 aliphatic heterocycles. The van der Waals surface area contributed by atoms with Gasteiger partial charge in [0, 0.05) is 0 Å². The minimum atomic E-state index is 0.675. The summed E-state index contributed by atoms with van der Waals surface area (Å²) >= 11 is 0. The highest BCUT2D eigenvalue weighted by Crippen LogP contribution is 2.83. The average Bonchev–Trinajstić information content (AvgIpc) is 2.71. The molecule has 0 amide bonds. The fraction of sp³-hybridized carbons (Fsp3) is 1.00. The van der Waals surface area contributed by atoms with E-state index >= 15 is 0 Å². The van der Waals surface area contributed by atoms with Gasteiger partial charge in [-0.15, -0.1) is 0 Å². The summed E-state index contributed by atoms with van der Waals surface area (Å²) in [6.07, 6.45) is 11.5. The van der Waals surface area contributed by atoms with Gasteiger partial charge in [0.1, 0.15) is 0 Å². The molecule has 0 aromatic rings. The second-order valence-electron chi connectivity index (χ2n) is 10.1. The Labute approximate surface area is 117 Å². The van der Waals surface area contributed by atoms with Crippen molar-refractivity contribution in [3.8, 4) is 0 Å². The minimum Gasteiger partial charge on any atom is -0.0596 e. The van der Waals surface area contributed by atoms with Crippen molar-refractivity contribution >= 4 is 0 Å². The molecule has 0 aromatic carbocycles. The van der Waals surface area contributed by atoms with Gasteiger partial charge in [-0.1, -0.05) is 13.8 Å². The van der Waals surface area contributed by atoms with Gasteiger partial charge in [-0.3, -0.25) is 0 Å². The van der Waals surface area contributed by atoms with Crippen molar-refractivity contribution in [1.29, 1.82) is 0 Å². The topological polar surface area (TPSA) is 0 Å². The predicted molar refractivity (Wildman–Crippen MR) is 76.5 cm³/mol. The van der Waals surface area contributed by atoms with Crippen LogP contribution < -0.4 is 0 Å². The molecular weight excluding hydrogens is 228 g/mol. The Kier molecular flexibility index (Phi) is 1.58. The van der Waals surface area contributed by atoms with Gasteiger partial charge in [-0.25, -0.2) is 0 Å². The van der Waals surface area contributed by atoms with E-state index in [1.165, 1.54) is 35.5 Å².